The number of aromatic nitrogens is 2. The lowest BCUT2D eigenvalue weighted by atomic mass is 9.80. The van der Waals surface area contributed by atoms with Gasteiger partial charge in [-0.3, -0.25) is 0 Å². The summed E-state index contributed by atoms with van der Waals surface area (Å²) in [6.45, 7) is 3.29. The third-order valence-corrected chi connectivity index (χ3v) is 4.42. The predicted octanol–water partition coefficient (Wildman–Crippen LogP) is 3.45. The van der Waals surface area contributed by atoms with Gasteiger partial charge >= 0.3 is 0 Å². The number of benzene rings is 1. The van der Waals surface area contributed by atoms with Crippen molar-refractivity contribution in [2.75, 3.05) is 17.6 Å². The maximum Gasteiger partial charge on any atom is 0.169 e. The molecular weight excluding hydrogens is 248 g/mol. The molecular formula is C16H22N4. The van der Waals surface area contributed by atoms with Crippen LogP contribution in [-0.4, -0.2) is 16.5 Å². The molecule has 0 amide bonds. The summed E-state index contributed by atoms with van der Waals surface area (Å²) in [5, 5.41) is 3.41. The van der Waals surface area contributed by atoms with E-state index in [-0.39, 0.29) is 0 Å². The number of nitrogen functional groups attached to an aromatic ring is 1. The van der Waals surface area contributed by atoms with E-state index < -0.39 is 0 Å². The van der Waals surface area contributed by atoms with Gasteiger partial charge in [-0.15, -0.1) is 0 Å². The van der Waals surface area contributed by atoms with Crippen LogP contribution in [-0.2, 0) is 0 Å². The van der Waals surface area contributed by atoms with Gasteiger partial charge in [0.05, 0.1) is 11.0 Å². The van der Waals surface area contributed by atoms with Gasteiger partial charge in [-0.25, -0.2) is 9.97 Å². The number of nitrogens with two attached hydrogens (primary N) is 1. The van der Waals surface area contributed by atoms with Crippen LogP contribution < -0.4 is 11.1 Å². The van der Waals surface area contributed by atoms with Crippen LogP contribution in [0.3, 0.4) is 0 Å². The molecule has 0 bridgehead atoms. The first-order valence-electron chi connectivity index (χ1n) is 7.50. The number of para-hydroxylation sites is 2. The van der Waals surface area contributed by atoms with Crippen LogP contribution in [0.25, 0.3) is 11.0 Å². The largest absolute Gasteiger partial charge is 0.381 e. The average molecular weight is 270 g/mol. The van der Waals surface area contributed by atoms with Gasteiger partial charge in [0.1, 0.15) is 0 Å². The molecule has 1 aliphatic carbocycles. The highest BCUT2D eigenvalue weighted by Gasteiger charge is 2.21. The van der Waals surface area contributed by atoms with Gasteiger partial charge in [-0.2, -0.15) is 0 Å². The number of nitrogens with one attached hydrogen (secondary N) is 1. The maximum atomic E-state index is 6.00. The summed E-state index contributed by atoms with van der Waals surface area (Å²) in [7, 11) is 0. The number of fused-ring (bicyclic) bond motifs is 1. The third-order valence-electron chi connectivity index (χ3n) is 4.42. The highest BCUT2D eigenvalue weighted by molar-refractivity contribution is 5.79. The first-order chi connectivity index (χ1) is 9.74. The molecule has 1 aliphatic rings. The van der Waals surface area contributed by atoms with Crippen molar-refractivity contribution in [2.24, 2.45) is 11.8 Å². The minimum Gasteiger partial charge on any atom is -0.381 e. The Hall–Kier alpha value is -1.84. The molecule has 0 saturated heterocycles. The number of nitrogens with zero attached hydrogens (tertiary/aromatic N) is 2. The van der Waals surface area contributed by atoms with Gasteiger partial charge in [0, 0.05) is 6.54 Å². The number of hydrogen-bond donors (Lipinski definition) is 2. The molecule has 2 aromatic rings. The molecule has 106 valence electrons. The minimum atomic E-state index is 0.493. The number of rotatable bonds is 3. The maximum absolute atomic E-state index is 6.00. The van der Waals surface area contributed by atoms with Crippen molar-refractivity contribution in [1.29, 1.82) is 0 Å². The highest BCUT2D eigenvalue weighted by Crippen LogP contribution is 2.30. The molecule has 2 unspecified atom stereocenters. The van der Waals surface area contributed by atoms with Crippen LogP contribution in [0.15, 0.2) is 24.3 Å². The fourth-order valence-electron chi connectivity index (χ4n) is 3.07. The first kappa shape index (κ1) is 13.2. The normalized spacial score (nSPS) is 22.9. The Kier molecular flexibility index (Phi) is 3.72. The molecule has 1 heterocycles. The van der Waals surface area contributed by atoms with Crippen LogP contribution >= 0.6 is 0 Å². The topological polar surface area (TPSA) is 63.8 Å². The second-order valence-electron chi connectivity index (χ2n) is 5.85. The second-order valence-corrected chi connectivity index (χ2v) is 5.85. The monoisotopic (exact) mass is 270 g/mol. The summed E-state index contributed by atoms with van der Waals surface area (Å²) in [5.41, 5.74) is 7.74. The lowest BCUT2D eigenvalue weighted by Gasteiger charge is -2.29. The Balaban J connectivity index is 1.75. The summed E-state index contributed by atoms with van der Waals surface area (Å²) in [5.74, 6) is 2.72. The van der Waals surface area contributed by atoms with Crippen molar-refractivity contribution < 1.29 is 0 Å². The lowest BCUT2D eigenvalue weighted by molar-refractivity contribution is 0.268. The molecule has 1 aromatic carbocycles. The zero-order valence-corrected chi connectivity index (χ0v) is 12.0. The summed E-state index contributed by atoms with van der Waals surface area (Å²) in [6.07, 6.45) is 5.35. The average Bonchev–Trinajstić information content (AvgIpc) is 2.46. The van der Waals surface area contributed by atoms with Crippen molar-refractivity contribution >= 4 is 22.7 Å². The predicted molar refractivity (Wildman–Crippen MR) is 83.6 cm³/mol. The molecule has 4 nitrogen and oxygen atoms in total. The number of hydrogen-bond acceptors (Lipinski definition) is 4. The minimum absolute atomic E-state index is 0.493. The fraction of sp³-hybridized carbons (Fsp3) is 0.500. The molecule has 1 fully saturated rings. The first-order valence-corrected chi connectivity index (χ1v) is 7.50. The van der Waals surface area contributed by atoms with E-state index in [0.717, 1.165) is 35.2 Å². The van der Waals surface area contributed by atoms with E-state index in [2.05, 4.69) is 22.2 Å². The van der Waals surface area contributed by atoms with Gasteiger partial charge in [0.2, 0.25) is 0 Å². The van der Waals surface area contributed by atoms with Crippen LogP contribution in [0.2, 0.25) is 0 Å². The van der Waals surface area contributed by atoms with Crippen LogP contribution in [0, 0.1) is 11.8 Å². The zero-order chi connectivity index (χ0) is 13.9. The molecule has 0 aliphatic heterocycles. The van der Waals surface area contributed by atoms with E-state index in [1.807, 2.05) is 24.3 Å². The van der Waals surface area contributed by atoms with E-state index in [1.165, 1.54) is 25.7 Å². The smallest absolute Gasteiger partial charge is 0.169 e. The zero-order valence-electron chi connectivity index (χ0n) is 12.0. The Labute approximate surface area is 119 Å². The Morgan fingerprint density at radius 3 is 2.60 bits per heavy atom. The van der Waals surface area contributed by atoms with E-state index >= 15 is 0 Å². The summed E-state index contributed by atoms with van der Waals surface area (Å²) in [4.78, 5) is 9.00. The lowest BCUT2D eigenvalue weighted by Crippen LogP contribution is -2.25. The second kappa shape index (κ2) is 5.65. The van der Waals surface area contributed by atoms with Crippen LogP contribution in [0.5, 0.6) is 0 Å². The highest BCUT2D eigenvalue weighted by atomic mass is 15.1. The number of anilines is 2. The molecule has 3 rings (SSSR count). The van der Waals surface area contributed by atoms with Gasteiger partial charge in [0.15, 0.2) is 11.6 Å². The quantitative estimate of drug-likeness (QED) is 0.896. The fourth-order valence-corrected chi connectivity index (χ4v) is 3.07. The van der Waals surface area contributed by atoms with Gasteiger partial charge in [0.25, 0.3) is 0 Å². The van der Waals surface area contributed by atoms with Crippen molar-refractivity contribution in [3.8, 4) is 0 Å². The van der Waals surface area contributed by atoms with E-state index in [0.29, 0.717) is 5.82 Å². The van der Waals surface area contributed by atoms with Crippen LogP contribution in [0.1, 0.15) is 32.6 Å². The van der Waals surface area contributed by atoms with Gasteiger partial charge in [-0.1, -0.05) is 38.3 Å². The Bertz CT molecular complexity index is 596. The molecule has 0 radical (unpaired) electrons. The van der Waals surface area contributed by atoms with E-state index in [4.69, 9.17) is 5.73 Å². The molecule has 20 heavy (non-hydrogen) atoms. The standard InChI is InChI=1S/C16H22N4/c1-11-6-2-3-7-12(11)10-18-16-15(17)19-13-8-4-5-9-14(13)20-16/h4-5,8-9,11-12H,2-3,6-7,10H2,1H3,(H2,17,19)(H,18,20). The van der Waals surface area contributed by atoms with Crippen molar-refractivity contribution in [2.45, 2.75) is 32.6 Å². The third kappa shape index (κ3) is 2.69. The van der Waals surface area contributed by atoms with E-state index in [1.54, 1.807) is 0 Å². The van der Waals surface area contributed by atoms with E-state index in [9.17, 15) is 0 Å². The molecule has 1 saturated carbocycles. The Morgan fingerprint density at radius 1 is 1.15 bits per heavy atom. The van der Waals surface area contributed by atoms with Crippen molar-refractivity contribution in [1.82, 2.24) is 9.97 Å². The molecule has 3 N–H and O–H groups in total. The van der Waals surface area contributed by atoms with Gasteiger partial charge < -0.3 is 11.1 Å². The summed E-state index contributed by atoms with van der Waals surface area (Å²) >= 11 is 0. The van der Waals surface area contributed by atoms with Gasteiger partial charge in [-0.05, 0) is 30.4 Å². The van der Waals surface area contributed by atoms with Crippen molar-refractivity contribution in [3.05, 3.63) is 24.3 Å². The summed E-state index contributed by atoms with van der Waals surface area (Å²) in [6, 6.07) is 7.83. The molecule has 4 heteroatoms. The molecule has 1 aromatic heterocycles. The molecule has 2 atom stereocenters. The van der Waals surface area contributed by atoms with Crippen LogP contribution in [0.4, 0.5) is 11.6 Å². The summed E-state index contributed by atoms with van der Waals surface area (Å²) < 4.78 is 0. The Morgan fingerprint density at radius 2 is 1.85 bits per heavy atom. The van der Waals surface area contributed by atoms with Crippen molar-refractivity contribution in [3.63, 3.8) is 0 Å². The molecule has 0 spiro atoms. The SMILES string of the molecule is CC1CCCCC1CNc1nc2ccccc2nc1N.